The lowest BCUT2D eigenvalue weighted by Crippen LogP contribution is -2.30. The summed E-state index contributed by atoms with van der Waals surface area (Å²) in [6, 6.07) is 19.9. The molecule has 42 heavy (non-hydrogen) atoms. The van der Waals surface area contributed by atoms with E-state index >= 15 is 0 Å². The summed E-state index contributed by atoms with van der Waals surface area (Å²) in [5.74, 6) is -0.968. The molecule has 8 nitrogen and oxygen atoms in total. The van der Waals surface area contributed by atoms with E-state index in [0.717, 1.165) is 27.2 Å². The number of nitrogens with zero attached hydrogens (tertiary/aromatic N) is 1. The molecule has 0 spiro atoms. The van der Waals surface area contributed by atoms with Gasteiger partial charge in [0.05, 0.1) is 27.8 Å². The highest BCUT2D eigenvalue weighted by molar-refractivity contribution is 6.35. The van der Waals surface area contributed by atoms with Crippen LogP contribution < -0.4 is 19.8 Å². The Morgan fingerprint density at radius 3 is 2.21 bits per heavy atom. The Morgan fingerprint density at radius 2 is 1.43 bits per heavy atom. The normalized spacial score (nSPS) is 12.5. The van der Waals surface area contributed by atoms with Crippen LogP contribution in [-0.4, -0.2) is 17.8 Å². The molecule has 4 aromatic carbocycles. The second-order valence-electron chi connectivity index (χ2n) is 10.3. The van der Waals surface area contributed by atoms with Crippen LogP contribution in [0.15, 0.2) is 88.3 Å². The van der Waals surface area contributed by atoms with Gasteiger partial charge < -0.3 is 13.9 Å². The number of esters is 1. The molecule has 0 saturated carbocycles. The lowest BCUT2D eigenvalue weighted by atomic mass is 10.1. The Bertz CT molecular complexity index is 2020. The topological polar surface area (TPSA) is 103 Å². The number of anilines is 1. The van der Waals surface area contributed by atoms with Crippen LogP contribution in [0.3, 0.4) is 0 Å². The molecule has 0 saturated heterocycles. The lowest BCUT2D eigenvalue weighted by Gasteiger charge is -2.17. The van der Waals surface area contributed by atoms with Gasteiger partial charge in [-0.3, -0.25) is 14.4 Å². The van der Waals surface area contributed by atoms with E-state index in [1.54, 1.807) is 6.07 Å². The van der Waals surface area contributed by atoms with Gasteiger partial charge in [-0.2, -0.15) is 0 Å². The quantitative estimate of drug-likeness (QED) is 0.132. The van der Waals surface area contributed by atoms with Crippen molar-refractivity contribution in [3.63, 3.8) is 0 Å². The van der Waals surface area contributed by atoms with Crippen molar-refractivity contribution < 1.29 is 28.3 Å². The molecule has 1 aromatic heterocycles. The second kappa shape index (κ2) is 10.2. The third-order valence-electron chi connectivity index (χ3n) is 7.22. The number of amides is 2. The maximum Gasteiger partial charge on any atom is 0.343 e. The van der Waals surface area contributed by atoms with E-state index < -0.39 is 17.8 Å². The fraction of sp³-hybridized carbons (Fsp3) is 0.118. The zero-order valence-corrected chi connectivity index (χ0v) is 23.3. The van der Waals surface area contributed by atoms with Gasteiger partial charge in [-0.25, -0.2) is 9.69 Å². The first-order valence-corrected chi connectivity index (χ1v) is 13.2. The fourth-order valence-electron chi connectivity index (χ4n) is 4.87. The molecule has 0 bridgehead atoms. The summed E-state index contributed by atoms with van der Waals surface area (Å²) in [6.07, 6.45) is 1.23. The van der Waals surface area contributed by atoms with Crippen molar-refractivity contribution in [3.8, 4) is 17.2 Å². The number of hydrogen-bond donors (Lipinski definition) is 0. The summed E-state index contributed by atoms with van der Waals surface area (Å²) in [5.41, 5.74) is 4.32. The minimum Gasteiger partial charge on any atom is -0.460 e. The highest BCUT2D eigenvalue weighted by Gasteiger charge is 2.38. The predicted molar refractivity (Wildman–Crippen MR) is 157 cm³/mol. The number of rotatable bonds is 5. The Morgan fingerprint density at radius 1 is 0.714 bits per heavy atom. The third kappa shape index (κ3) is 4.62. The Hall–Kier alpha value is -5.50. The van der Waals surface area contributed by atoms with Crippen LogP contribution >= 0.6 is 0 Å². The molecule has 5 aromatic rings. The van der Waals surface area contributed by atoms with E-state index in [0.29, 0.717) is 11.4 Å². The second-order valence-corrected chi connectivity index (χ2v) is 10.3. The van der Waals surface area contributed by atoms with Crippen molar-refractivity contribution in [1.82, 2.24) is 0 Å². The SMILES string of the molecule is Cc1ccc(C)c(Oc2coc3cc(OC(=O)c4ccc5c(c4)C(=O)N(c4cc(C)ccc4C)C5=O)ccc3c2=O)c1. The van der Waals surface area contributed by atoms with Gasteiger partial charge >= 0.3 is 5.97 Å². The minimum absolute atomic E-state index is 0.0354. The Kier molecular flexibility index (Phi) is 6.46. The molecular weight excluding hydrogens is 534 g/mol. The van der Waals surface area contributed by atoms with Crippen molar-refractivity contribution in [3.05, 3.63) is 128 Å². The minimum atomic E-state index is -0.736. The number of carbonyl (C=O) groups excluding carboxylic acids is 3. The van der Waals surface area contributed by atoms with Crippen molar-refractivity contribution in [1.29, 1.82) is 0 Å². The third-order valence-corrected chi connectivity index (χ3v) is 7.22. The molecular formula is C34H25NO7. The highest BCUT2D eigenvalue weighted by Crippen LogP contribution is 2.32. The first-order chi connectivity index (χ1) is 20.1. The average Bonchev–Trinajstić information content (AvgIpc) is 3.22. The molecule has 2 heterocycles. The van der Waals surface area contributed by atoms with Gasteiger partial charge in [0, 0.05) is 6.07 Å². The zero-order chi connectivity index (χ0) is 29.7. The molecule has 1 aliphatic heterocycles. The van der Waals surface area contributed by atoms with Gasteiger partial charge in [-0.15, -0.1) is 0 Å². The van der Waals surface area contributed by atoms with Crippen LogP contribution in [0.1, 0.15) is 53.3 Å². The van der Waals surface area contributed by atoms with Crippen molar-refractivity contribution in [2.45, 2.75) is 27.7 Å². The maximum absolute atomic E-state index is 13.3. The number of fused-ring (bicyclic) bond motifs is 2. The molecule has 0 atom stereocenters. The maximum atomic E-state index is 13.3. The number of imide groups is 1. The summed E-state index contributed by atoms with van der Waals surface area (Å²) in [6.45, 7) is 7.52. The van der Waals surface area contributed by atoms with Gasteiger partial charge in [0.1, 0.15) is 23.3 Å². The summed E-state index contributed by atoms with van der Waals surface area (Å²) in [7, 11) is 0. The molecule has 2 amide bonds. The van der Waals surface area contributed by atoms with Gasteiger partial charge in [0.2, 0.25) is 11.2 Å². The van der Waals surface area contributed by atoms with Crippen molar-refractivity contribution >= 4 is 34.4 Å². The molecule has 6 rings (SSSR count). The van der Waals surface area contributed by atoms with E-state index in [9.17, 15) is 19.2 Å². The molecule has 8 heteroatoms. The Balaban J connectivity index is 1.24. The van der Waals surface area contributed by atoms with Crippen LogP contribution in [0.25, 0.3) is 11.0 Å². The van der Waals surface area contributed by atoms with Gasteiger partial charge in [-0.05, 0) is 92.4 Å². The van der Waals surface area contributed by atoms with Gasteiger partial charge in [0.15, 0.2) is 0 Å². The largest absolute Gasteiger partial charge is 0.460 e. The van der Waals surface area contributed by atoms with Crippen LogP contribution in [0.2, 0.25) is 0 Å². The summed E-state index contributed by atoms with van der Waals surface area (Å²) in [5, 5.41) is 0.255. The fourth-order valence-corrected chi connectivity index (χ4v) is 4.87. The zero-order valence-electron chi connectivity index (χ0n) is 23.3. The van der Waals surface area contributed by atoms with E-state index in [-0.39, 0.29) is 44.6 Å². The summed E-state index contributed by atoms with van der Waals surface area (Å²) >= 11 is 0. The van der Waals surface area contributed by atoms with Crippen LogP contribution in [-0.2, 0) is 0 Å². The Labute approximate surface area is 240 Å². The molecule has 0 fully saturated rings. The highest BCUT2D eigenvalue weighted by atomic mass is 16.5. The number of hydrogen-bond acceptors (Lipinski definition) is 7. The molecule has 0 N–H and O–H groups in total. The number of aryl methyl sites for hydroxylation is 4. The van der Waals surface area contributed by atoms with Crippen molar-refractivity contribution in [2.75, 3.05) is 4.90 Å². The molecule has 1 aliphatic rings. The number of carbonyl (C=O) groups is 3. The van der Waals surface area contributed by atoms with Gasteiger partial charge in [0.25, 0.3) is 11.8 Å². The smallest absolute Gasteiger partial charge is 0.343 e. The molecule has 0 aliphatic carbocycles. The first kappa shape index (κ1) is 26.7. The van der Waals surface area contributed by atoms with E-state index in [2.05, 4.69) is 0 Å². The van der Waals surface area contributed by atoms with E-state index in [1.165, 1.54) is 42.7 Å². The molecule has 208 valence electrons. The summed E-state index contributed by atoms with van der Waals surface area (Å²) < 4.78 is 17.0. The molecule has 0 unspecified atom stereocenters. The van der Waals surface area contributed by atoms with Crippen molar-refractivity contribution in [2.24, 2.45) is 0 Å². The summed E-state index contributed by atoms with van der Waals surface area (Å²) in [4.78, 5) is 53.6. The predicted octanol–water partition coefficient (Wildman–Crippen LogP) is 6.84. The molecule has 0 radical (unpaired) electrons. The van der Waals surface area contributed by atoms with E-state index in [1.807, 2.05) is 58.0 Å². The number of benzene rings is 4. The first-order valence-electron chi connectivity index (χ1n) is 13.2. The van der Waals surface area contributed by atoms with E-state index in [4.69, 9.17) is 13.9 Å². The standard InChI is InChI=1S/C34H25NO7/c1-18-5-7-20(3)27(13-18)35-32(37)24-11-9-22(15-26(24)33(35)38)34(39)41-23-10-12-25-29(16-23)40-17-30(31(25)36)42-28-14-19(2)6-8-21(28)4/h5-17H,1-4H3. The lowest BCUT2D eigenvalue weighted by molar-refractivity contribution is 0.0734. The van der Waals surface area contributed by atoms with Gasteiger partial charge in [-0.1, -0.05) is 24.3 Å². The number of ether oxygens (including phenoxy) is 2. The van der Waals surface area contributed by atoms with Crippen LogP contribution in [0.4, 0.5) is 5.69 Å². The monoisotopic (exact) mass is 559 g/mol. The van der Waals surface area contributed by atoms with Crippen LogP contribution in [0, 0.1) is 27.7 Å². The van der Waals surface area contributed by atoms with Crippen LogP contribution in [0.5, 0.6) is 17.2 Å². The average molecular weight is 560 g/mol.